The van der Waals surface area contributed by atoms with Gasteiger partial charge in [-0.05, 0) is 84.4 Å². The van der Waals surface area contributed by atoms with Crippen LogP contribution in [0.1, 0.15) is 11.1 Å². The quantitative estimate of drug-likeness (QED) is 0.115. The molecule has 0 saturated carbocycles. The van der Waals surface area contributed by atoms with Gasteiger partial charge in [0.15, 0.2) is 0 Å². The first-order valence-corrected chi connectivity index (χ1v) is 17.1. The second-order valence-electron chi connectivity index (χ2n) is 11.9. The highest BCUT2D eigenvalue weighted by Gasteiger charge is 2.21. The Bertz CT molecular complexity index is 2640. The number of hydrogen-bond acceptors (Lipinski definition) is 1. The lowest BCUT2D eigenvalue weighted by molar-refractivity contribution is 1.46. The number of thiol groups is 1. The first-order chi connectivity index (χ1) is 22.3. The zero-order valence-corrected chi connectivity index (χ0v) is 26.0. The van der Waals surface area contributed by atoms with E-state index in [1.165, 1.54) is 107 Å². The van der Waals surface area contributed by atoms with Crippen molar-refractivity contribution in [2.45, 2.75) is 4.90 Å². The van der Waals surface area contributed by atoms with Gasteiger partial charge < -0.3 is 0 Å². The first-order valence-electron chi connectivity index (χ1n) is 15.4. The lowest BCUT2D eigenvalue weighted by Crippen LogP contribution is -2.09. The van der Waals surface area contributed by atoms with Crippen molar-refractivity contribution in [3.05, 3.63) is 163 Å². The van der Waals surface area contributed by atoms with Crippen LogP contribution in [0, 0.1) is 0 Å². The fraction of sp³-hybridized carbons (Fsp3) is 0. The maximum atomic E-state index is 2.44. The largest absolute Gasteiger partial charge is 0.160 e. The molecule has 10 rings (SSSR count). The SMILES string of the molecule is c1ccc(C2=[SH]c3cc4sc5cc(-c6c7ccccc7c(-c7ccc8ccccc8c7)c7ccccc67)ccc5c4cc32)cc1. The summed E-state index contributed by atoms with van der Waals surface area (Å²) in [7, 11) is 0. The monoisotopic (exact) mass is 606 g/mol. The van der Waals surface area contributed by atoms with Gasteiger partial charge in [0, 0.05) is 35.5 Å². The van der Waals surface area contributed by atoms with Crippen LogP contribution in [0.3, 0.4) is 0 Å². The summed E-state index contributed by atoms with van der Waals surface area (Å²) >= 11 is 3.26. The minimum atomic E-state index is 1.26. The van der Waals surface area contributed by atoms with Crippen LogP contribution in [0.2, 0.25) is 0 Å². The third-order valence-electron chi connectivity index (χ3n) is 9.38. The maximum Gasteiger partial charge on any atom is 0.0366 e. The summed E-state index contributed by atoms with van der Waals surface area (Å²) in [5.74, 6) is 0. The molecule has 0 N–H and O–H groups in total. The van der Waals surface area contributed by atoms with Gasteiger partial charge in [-0.3, -0.25) is 0 Å². The lowest BCUT2D eigenvalue weighted by Gasteiger charge is -2.20. The van der Waals surface area contributed by atoms with E-state index in [9.17, 15) is 0 Å². The Hall–Kier alpha value is -5.02. The van der Waals surface area contributed by atoms with Crippen molar-refractivity contribution in [3.8, 4) is 22.3 Å². The Balaban J connectivity index is 1.18. The van der Waals surface area contributed by atoms with Gasteiger partial charge in [-0.25, -0.2) is 0 Å². The standard InChI is InChI=1S/C43H26S2/c1-2-11-27(12-3-1)43-37-24-36-31-21-20-30(23-38(31)44-39(36)25-40(37)45-43)42-34-16-8-6-14-32(34)41(33-15-7-9-17-35(33)42)29-19-18-26-10-4-5-13-28(26)22-29/h1-25,45H. The molecule has 1 aliphatic rings. The highest BCUT2D eigenvalue weighted by atomic mass is 32.1. The molecular weight excluding hydrogens is 581 g/mol. The molecule has 0 unspecified atom stereocenters. The average molecular weight is 607 g/mol. The van der Waals surface area contributed by atoms with E-state index < -0.39 is 0 Å². The molecule has 0 saturated heterocycles. The summed E-state index contributed by atoms with van der Waals surface area (Å²) in [6, 6.07) is 56.3. The molecule has 0 radical (unpaired) electrons. The highest BCUT2D eigenvalue weighted by Crippen LogP contribution is 2.47. The fourth-order valence-electron chi connectivity index (χ4n) is 7.29. The van der Waals surface area contributed by atoms with Gasteiger partial charge in [-0.1, -0.05) is 127 Å². The van der Waals surface area contributed by atoms with Crippen LogP contribution in [0.4, 0.5) is 0 Å². The lowest BCUT2D eigenvalue weighted by atomic mass is 9.85. The molecule has 0 fully saturated rings. The second-order valence-corrected chi connectivity index (χ2v) is 14.1. The predicted octanol–water partition coefficient (Wildman–Crippen LogP) is 12.3. The normalized spacial score (nSPS) is 12.8. The number of fused-ring (bicyclic) bond motifs is 7. The molecular formula is C43H26S2. The van der Waals surface area contributed by atoms with E-state index in [1.54, 1.807) is 0 Å². The van der Waals surface area contributed by atoms with Gasteiger partial charge in [0.1, 0.15) is 0 Å². The molecule has 2 heterocycles. The third kappa shape index (κ3) is 3.83. The fourth-order valence-corrected chi connectivity index (χ4v) is 9.69. The van der Waals surface area contributed by atoms with Gasteiger partial charge in [0.2, 0.25) is 0 Å². The zero-order chi connectivity index (χ0) is 29.5. The van der Waals surface area contributed by atoms with Crippen LogP contribution in [0.15, 0.2) is 157 Å². The van der Waals surface area contributed by atoms with Crippen LogP contribution < -0.4 is 0 Å². The Kier molecular flexibility index (Phi) is 5.48. The van der Waals surface area contributed by atoms with E-state index in [0.717, 1.165) is 0 Å². The summed E-state index contributed by atoms with van der Waals surface area (Å²) in [4.78, 5) is 2.88. The Morgan fingerprint density at radius 3 is 1.67 bits per heavy atom. The molecule has 0 amide bonds. The zero-order valence-electron chi connectivity index (χ0n) is 24.3. The van der Waals surface area contributed by atoms with Crippen molar-refractivity contribution >= 4 is 80.0 Å². The molecule has 1 aromatic heterocycles. The van der Waals surface area contributed by atoms with Crippen LogP contribution in [0.5, 0.6) is 0 Å². The van der Waals surface area contributed by atoms with Crippen LogP contribution in [-0.2, 0) is 0 Å². The van der Waals surface area contributed by atoms with Gasteiger partial charge in [0.25, 0.3) is 0 Å². The molecule has 1 aliphatic heterocycles. The Morgan fingerprint density at radius 1 is 0.378 bits per heavy atom. The molecule has 210 valence electrons. The van der Waals surface area contributed by atoms with Crippen LogP contribution in [-0.4, -0.2) is 4.86 Å². The summed E-state index contributed by atoms with van der Waals surface area (Å²) < 4.78 is 2.72. The number of thiophene rings is 1. The van der Waals surface area contributed by atoms with Crippen LogP contribution in [0.25, 0.3) is 74.7 Å². The predicted molar refractivity (Wildman–Crippen MR) is 200 cm³/mol. The summed E-state index contributed by atoms with van der Waals surface area (Å²) in [6.45, 7) is 0. The van der Waals surface area contributed by atoms with E-state index in [-0.39, 0.29) is 0 Å². The topological polar surface area (TPSA) is 0 Å². The second kappa shape index (κ2) is 9.74. The molecule has 2 heteroatoms. The summed E-state index contributed by atoms with van der Waals surface area (Å²) in [6.07, 6.45) is 0. The molecule has 0 atom stereocenters. The van der Waals surface area contributed by atoms with Crippen molar-refractivity contribution in [3.63, 3.8) is 0 Å². The number of rotatable bonds is 3. The first kappa shape index (κ1) is 25.3. The van der Waals surface area contributed by atoms with Crippen molar-refractivity contribution in [2.75, 3.05) is 0 Å². The minimum Gasteiger partial charge on any atom is -0.160 e. The molecule has 0 nitrogen and oxygen atoms in total. The molecule has 0 spiro atoms. The summed E-state index contributed by atoms with van der Waals surface area (Å²) in [5.41, 5.74) is 7.89. The minimum absolute atomic E-state index is 1.26. The maximum absolute atomic E-state index is 2.44. The molecule has 45 heavy (non-hydrogen) atoms. The van der Waals surface area contributed by atoms with Crippen molar-refractivity contribution in [2.24, 2.45) is 0 Å². The van der Waals surface area contributed by atoms with Gasteiger partial charge in [-0.15, -0.1) is 11.3 Å². The van der Waals surface area contributed by atoms with E-state index in [1.807, 2.05) is 11.3 Å². The summed E-state index contributed by atoms with van der Waals surface area (Å²) in [5, 5.41) is 10.4. The van der Waals surface area contributed by atoms with E-state index in [4.69, 9.17) is 0 Å². The van der Waals surface area contributed by atoms with E-state index in [2.05, 4.69) is 152 Å². The van der Waals surface area contributed by atoms with Gasteiger partial charge in [0.05, 0.1) is 0 Å². The average Bonchev–Trinajstić information content (AvgIpc) is 3.44. The van der Waals surface area contributed by atoms with Crippen molar-refractivity contribution < 1.29 is 0 Å². The van der Waals surface area contributed by atoms with Crippen molar-refractivity contribution in [1.29, 1.82) is 0 Å². The van der Waals surface area contributed by atoms with Gasteiger partial charge in [-0.2, -0.15) is 11.4 Å². The highest BCUT2D eigenvalue weighted by molar-refractivity contribution is 8.01. The molecule has 0 bridgehead atoms. The Labute approximate surface area is 268 Å². The number of hydrogen-bond donors (Lipinski definition) is 1. The molecule has 8 aromatic carbocycles. The number of benzene rings is 8. The van der Waals surface area contributed by atoms with E-state index in [0.29, 0.717) is 0 Å². The van der Waals surface area contributed by atoms with Crippen molar-refractivity contribution in [1.82, 2.24) is 0 Å². The Morgan fingerprint density at radius 2 is 0.956 bits per heavy atom. The third-order valence-corrected chi connectivity index (χ3v) is 11.8. The van der Waals surface area contributed by atoms with E-state index >= 15 is 0 Å². The molecule has 9 aromatic rings. The van der Waals surface area contributed by atoms with Crippen LogP contribution >= 0.6 is 22.7 Å². The molecule has 0 aliphatic carbocycles. The van der Waals surface area contributed by atoms with Gasteiger partial charge >= 0.3 is 0 Å². The smallest absolute Gasteiger partial charge is 0.0366 e.